The average Bonchev–Trinajstić information content (AvgIpc) is 2.86. The summed E-state index contributed by atoms with van der Waals surface area (Å²) in [5, 5.41) is 6.36. The quantitative estimate of drug-likeness (QED) is 0.904. The summed E-state index contributed by atoms with van der Waals surface area (Å²) in [7, 11) is 0. The summed E-state index contributed by atoms with van der Waals surface area (Å²) >= 11 is 0. The zero-order valence-electron chi connectivity index (χ0n) is 9.94. The van der Waals surface area contributed by atoms with Crippen molar-refractivity contribution in [2.75, 3.05) is 6.54 Å². The van der Waals surface area contributed by atoms with Crippen molar-refractivity contribution in [2.45, 2.75) is 13.3 Å². The lowest BCUT2D eigenvalue weighted by Gasteiger charge is -2.02. The molecule has 5 heteroatoms. The molecule has 0 fully saturated rings. The molecule has 18 heavy (non-hydrogen) atoms. The fourth-order valence-electron chi connectivity index (χ4n) is 1.54. The Morgan fingerprint density at radius 1 is 1.39 bits per heavy atom. The van der Waals surface area contributed by atoms with Gasteiger partial charge in [0.25, 0.3) is 5.91 Å². The summed E-state index contributed by atoms with van der Waals surface area (Å²) in [4.78, 5) is 11.8. The van der Waals surface area contributed by atoms with Gasteiger partial charge in [-0.1, -0.05) is 12.1 Å². The number of hydrogen-bond acceptors (Lipinski definition) is 3. The first-order valence-corrected chi connectivity index (χ1v) is 5.71. The van der Waals surface area contributed by atoms with Gasteiger partial charge in [0.05, 0.1) is 6.20 Å². The van der Waals surface area contributed by atoms with Gasteiger partial charge in [0, 0.05) is 12.1 Å². The number of nitrogens with one attached hydrogen (secondary N) is 1. The summed E-state index contributed by atoms with van der Waals surface area (Å²) in [6.07, 6.45) is 2.21. The number of rotatable bonds is 4. The minimum Gasteiger partial charge on any atom is -0.355 e. The van der Waals surface area contributed by atoms with Crippen LogP contribution in [0.4, 0.5) is 4.39 Å². The maximum atomic E-state index is 12.8. The van der Waals surface area contributed by atoms with E-state index in [1.807, 2.05) is 6.92 Å². The summed E-state index contributed by atoms with van der Waals surface area (Å²) < 4.78 is 17.9. The van der Waals surface area contributed by atoms with E-state index in [0.29, 0.717) is 23.4 Å². The van der Waals surface area contributed by atoms with E-state index in [1.54, 1.807) is 12.1 Å². The zero-order valence-corrected chi connectivity index (χ0v) is 9.94. The second-order valence-corrected chi connectivity index (χ2v) is 3.83. The second kappa shape index (κ2) is 5.44. The van der Waals surface area contributed by atoms with Gasteiger partial charge in [-0.2, -0.15) is 0 Å². The van der Waals surface area contributed by atoms with Gasteiger partial charge in [-0.05, 0) is 30.7 Å². The Bertz CT molecular complexity index is 534. The molecule has 1 aromatic carbocycles. The molecule has 1 N–H and O–H groups in total. The van der Waals surface area contributed by atoms with Crippen molar-refractivity contribution < 1.29 is 13.7 Å². The lowest BCUT2D eigenvalue weighted by Crippen LogP contribution is -2.23. The number of halogens is 1. The first-order valence-electron chi connectivity index (χ1n) is 5.71. The van der Waals surface area contributed by atoms with Gasteiger partial charge in [-0.25, -0.2) is 4.39 Å². The van der Waals surface area contributed by atoms with E-state index < -0.39 is 0 Å². The third-order valence-corrected chi connectivity index (χ3v) is 2.46. The molecule has 0 bridgehead atoms. The Balaban J connectivity index is 2.27. The van der Waals surface area contributed by atoms with Crippen LogP contribution in [0.2, 0.25) is 0 Å². The van der Waals surface area contributed by atoms with Crippen LogP contribution in [0.15, 0.2) is 35.0 Å². The van der Waals surface area contributed by atoms with Crippen LogP contribution < -0.4 is 5.32 Å². The molecule has 1 amide bonds. The molecule has 0 spiro atoms. The Hall–Kier alpha value is -2.17. The Kier molecular flexibility index (Phi) is 3.72. The van der Waals surface area contributed by atoms with Crippen molar-refractivity contribution >= 4 is 5.91 Å². The number of hydrogen-bond donors (Lipinski definition) is 1. The minimum absolute atomic E-state index is 0.238. The molecule has 0 aliphatic rings. The first kappa shape index (κ1) is 12.3. The van der Waals surface area contributed by atoms with Crippen LogP contribution >= 0.6 is 0 Å². The molecule has 2 aromatic rings. The second-order valence-electron chi connectivity index (χ2n) is 3.83. The van der Waals surface area contributed by atoms with E-state index in [4.69, 9.17) is 4.52 Å². The topological polar surface area (TPSA) is 55.1 Å². The highest BCUT2D eigenvalue weighted by Crippen LogP contribution is 2.23. The monoisotopic (exact) mass is 248 g/mol. The van der Waals surface area contributed by atoms with Crippen molar-refractivity contribution in [3.8, 4) is 11.3 Å². The fraction of sp³-hybridized carbons (Fsp3) is 0.231. The molecule has 1 heterocycles. The summed E-state index contributed by atoms with van der Waals surface area (Å²) in [5.41, 5.74) is 0.977. The molecule has 0 unspecified atom stereocenters. The van der Waals surface area contributed by atoms with Crippen LogP contribution in [0.3, 0.4) is 0 Å². The number of amides is 1. The van der Waals surface area contributed by atoms with E-state index in [-0.39, 0.29) is 11.7 Å². The largest absolute Gasteiger partial charge is 0.355 e. The third kappa shape index (κ3) is 2.56. The molecule has 0 aliphatic heterocycles. The highest BCUT2D eigenvalue weighted by molar-refractivity contribution is 5.99. The van der Waals surface area contributed by atoms with Gasteiger partial charge < -0.3 is 9.84 Å². The van der Waals surface area contributed by atoms with E-state index in [9.17, 15) is 9.18 Å². The maximum absolute atomic E-state index is 12.8. The van der Waals surface area contributed by atoms with Crippen LogP contribution in [0.1, 0.15) is 23.7 Å². The van der Waals surface area contributed by atoms with Crippen LogP contribution in [0, 0.1) is 5.82 Å². The van der Waals surface area contributed by atoms with E-state index >= 15 is 0 Å². The molecule has 4 nitrogen and oxygen atoms in total. The number of carbonyl (C=O) groups excluding carboxylic acids is 1. The highest BCUT2D eigenvalue weighted by Gasteiger charge is 2.17. The summed E-state index contributed by atoms with van der Waals surface area (Å²) in [6.45, 7) is 2.56. The summed E-state index contributed by atoms with van der Waals surface area (Å²) in [5.74, 6) is -0.226. The Labute approximate surface area is 104 Å². The van der Waals surface area contributed by atoms with Gasteiger partial charge in [0.1, 0.15) is 11.4 Å². The molecule has 0 saturated carbocycles. The predicted molar refractivity (Wildman–Crippen MR) is 64.5 cm³/mol. The summed E-state index contributed by atoms with van der Waals surface area (Å²) in [6, 6.07) is 5.72. The molecule has 0 saturated heterocycles. The molecule has 94 valence electrons. The van der Waals surface area contributed by atoms with E-state index in [0.717, 1.165) is 6.42 Å². The Morgan fingerprint density at radius 2 is 2.11 bits per heavy atom. The number of nitrogens with zero attached hydrogens (tertiary/aromatic N) is 1. The molecule has 0 radical (unpaired) electrons. The van der Waals surface area contributed by atoms with Crippen LogP contribution in [0.25, 0.3) is 11.3 Å². The van der Waals surface area contributed by atoms with Crippen LogP contribution in [-0.4, -0.2) is 17.6 Å². The van der Waals surface area contributed by atoms with E-state index in [2.05, 4.69) is 10.5 Å². The molecular weight excluding hydrogens is 235 g/mol. The number of carbonyl (C=O) groups is 1. The van der Waals surface area contributed by atoms with Crippen molar-refractivity contribution in [3.63, 3.8) is 0 Å². The van der Waals surface area contributed by atoms with Crippen molar-refractivity contribution in [2.24, 2.45) is 0 Å². The molecule has 1 aromatic heterocycles. The average molecular weight is 248 g/mol. The van der Waals surface area contributed by atoms with Gasteiger partial charge in [0.2, 0.25) is 0 Å². The maximum Gasteiger partial charge on any atom is 0.256 e. The Morgan fingerprint density at radius 3 is 2.78 bits per heavy atom. The first-order chi connectivity index (χ1) is 8.72. The van der Waals surface area contributed by atoms with Crippen molar-refractivity contribution in [3.05, 3.63) is 41.8 Å². The van der Waals surface area contributed by atoms with Gasteiger partial charge in [0.15, 0.2) is 5.76 Å². The molecule has 0 aliphatic carbocycles. The van der Waals surface area contributed by atoms with Gasteiger partial charge in [-0.3, -0.25) is 4.79 Å². The lowest BCUT2D eigenvalue weighted by atomic mass is 10.1. The fourth-order valence-corrected chi connectivity index (χ4v) is 1.54. The predicted octanol–water partition coefficient (Wildman–Crippen LogP) is 2.62. The third-order valence-electron chi connectivity index (χ3n) is 2.46. The molecule has 2 rings (SSSR count). The lowest BCUT2D eigenvalue weighted by molar-refractivity contribution is 0.0954. The molecular formula is C13H13FN2O2. The van der Waals surface area contributed by atoms with E-state index in [1.165, 1.54) is 18.3 Å². The number of aromatic nitrogens is 1. The van der Waals surface area contributed by atoms with Gasteiger partial charge in [-0.15, -0.1) is 0 Å². The van der Waals surface area contributed by atoms with Crippen molar-refractivity contribution in [1.29, 1.82) is 0 Å². The minimum atomic E-state index is -0.338. The highest BCUT2D eigenvalue weighted by atomic mass is 19.1. The van der Waals surface area contributed by atoms with Crippen LogP contribution in [-0.2, 0) is 0 Å². The SMILES string of the molecule is CCCNC(=O)c1cnoc1-c1ccc(F)cc1. The van der Waals surface area contributed by atoms with Crippen molar-refractivity contribution in [1.82, 2.24) is 10.5 Å². The normalized spacial score (nSPS) is 10.3. The standard InChI is InChI=1S/C13H13FN2O2/c1-2-7-15-13(17)11-8-16-18-12(11)9-3-5-10(14)6-4-9/h3-6,8H,2,7H2,1H3,(H,15,17). The molecule has 0 atom stereocenters. The zero-order chi connectivity index (χ0) is 13.0. The van der Waals surface area contributed by atoms with Gasteiger partial charge >= 0.3 is 0 Å². The number of benzene rings is 1. The smallest absolute Gasteiger partial charge is 0.256 e. The van der Waals surface area contributed by atoms with Crippen LogP contribution in [0.5, 0.6) is 0 Å².